The van der Waals surface area contributed by atoms with Crippen molar-refractivity contribution in [2.24, 2.45) is 0 Å². The van der Waals surface area contributed by atoms with Crippen LogP contribution in [0.3, 0.4) is 0 Å². The van der Waals surface area contributed by atoms with Gasteiger partial charge in [-0.25, -0.2) is 4.79 Å². The van der Waals surface area contributed by atoms with Crippen LogP contribution in [0.2, 0.25) is 0 Å². The Kier molecular flexibility index (Phi) is 5.80. The molecule has 0 N–H and O–H groups in total. The third-order valence-corrected chi connectivity index (χ3v) is 3.82. The number of carbonyl (C=O) groups excluding carboxylic acids is 1. The monoisotopic (exact) mass is 324 g/mol. The van der Waals surface area contributed by atoms with Crippen molar-refractivity contribution in [2.75, 3.05) is 0 Å². The fourth-order valence-electron chi connectivity index (χ4n) is 2.55. The SMILES string of the molecule is C=C(CC(C)(C)c1ccccc1)C(=O)OC(C)Oc1ccccc1. The molecule has 0 saturated carbocycles. The second kappa shape index (κ2) is 7.82. The molecule has 3 nitrogen and oxygen atoms in total. The standard InChI is InChI=1S/C21H24O3/c1-16(15-21(3,4)18-11-7-5-8-12-18)20(22)24-17(2)23-19-13-9-6-10-14-19/h5-14,17H,1,15H2,2-4H3. The van der Waals surface area contributed by atoms with Gasteiger partial charge in [-0.3, -0.25) is 0 Å². The van der Waals surface area contributed by atoms with Gasteiger partial charge in [-0.2, -0.15) is 0 Å². The van der Waals surface area contributed by atoms with Crippen molar-refractivity contribution in [3.8, 4) is 5.75 Å². The smallest absolute Gasteiger partial charge is 0.336 e. The number of para-hydroxylation sites is 1. The quantitative estimate of drug-likeness (QED) is 0.414. The molecular weight excluding hydrogens is 300 g/mol. The van der Waals surface area contributed by atoms with E-state index < -0.39 is 12.3 Å². The highest BCUT2D eigenvalue weighted by molar-refractivity contribution is 5.88. The fourth-order valence-corrected chi connectivity index (χ4v) is 2.55. The predicted octanol–water partition coefficient (Wildman–Crippen LogP) is 4.88. The third-order valence-electron chi connectivity index (χ3n) is 3.82. The molecule has 0 bridgehead atoms. The van der Waals surface area contributed by atoms with Crippen molar-refractivity contribution >= 4 is 5.97 Å². The lowest BCUT2D eigenvalue weighted by Gasteiger charge is -2.26. The van der Waals surface area contributed by atoms with Crippen LogP contribution in [0.1, 0.15) is 32.8 Å². The zero-order valence-corrected chi connectivity index (χ0v) is 14.5. The molecule has 0 aromatic heterocycles. The first-order valence-electron chi connectivity index (χ1n) is 8.04. The van der Waals surface area contributed by atoms with E-state index in [4.69, 9.17) is 9.47 Å². The number of ether oxygens (including phenoxy) is 2. The second-order valence-corrected chi connectivity index (χ2v) is 6.43. The molecule has 2 aromatic rings. The summed E-state index contributed by atoms with van der Waals surface area (Å²) in [5, 5.41) is 0. The molecule has 24 heavy (non-hydrogen) atoms. The Bertz CT molecular complexity index is 675. The number of esters is 1. The van der Waals surface area contributed by atoms with Crippen LogP contribution in [-0.2, 0) is 14.9 Å². The lowest BCUT2D eigenvalue weighted by molar-refractivity contribution is -0.156. The minimum atomic E-state index is -0.670. The Hall–Kier alpha value is -2.55. The number of carbonyl (C=O) groups is 1. The fraction of sp³-hybridized carbons (Fsp3) is 0.286. The van der Waals surface area contributed by atoms with Gasteiger partial charge >= 0.3 is 5.97 Å². The average Bonchev–Trinajstić information content (AvgIpc) is 2.56. The summed E-state index contributed by atoms with van der Waals surface area (Å²) < 4.78 is 10.9. The van der Waals surface area contributed by atoms with Crippen molar-refractivity contribution in [1.82, 2.24) is 0 Å². The van der Waals surface area contributed by atoms with Gasteiger partial charge in [0.25, 0.3) is 0 Å². The lowest BCUT2D eigenvalue weighted by Crippen LogP contribution is -2.25. The summed E-state index contributed by atoms with van der Waals surface area (Å²) in [7, 11) is 0. The molecule has 0 spiro atoms. The van der Waals surface area contributed by atoms with Crippen molar-refractivity contribution in [2.45, 2.75) is 38.9 Å². The van der Waals surface area contributed by atoms with E-state index >= 15 is 0 Å². The van der Waals surface area contributed by atoms with Crippen LogP contribution in [0.4, 0.5) is 0 Å². The number of rotatable bonds is 7. The highest BCUT2D eigenvalue weighted by atomic mass is 16.7. The van der Waals surface area contributed by atoms with Crippen LogP contribution >= 0.6 is 0 Å². The van der Waals surface area contributed by atoms with Crippen LogP contribution in [0.15, 0.2) is 72.8 Å². The van der Waals surface area contributed by atoms with Crippen molar-refractivity contribution in [3.63, 3.8) is 0 Å². The summed E-state index contributed by atoms with van der Waals surface area (Å²) >= 11 is 0. The van der Waals surface area contributed by atoms with E-state index in [1.807, 2.05) is 48.5 Å². The van der Waals surface area contributed by atoms with E-state index in [1.165, 1.54) is 0 Å². The number of hydrogen-bond acceptors (Lipinski definition) is 3. The molecule has 2 rings (SSSR count). The Labute approximate surface area is 143 Å². The first-order chi connectivity index (χ1) is 11.4. The Balaban J connectivity index is 1.91. The minimum absolute atomic E-state index is 0.194. The number of benzene rings is 2. The van der Waals surface area contributed by atoms with Crippen LogP contribution in [0.5, 0.6) is 5.75 Å². The van der Waals surface area contributed by atoms with Crippen molar-refractivity contribution in [3.05, 3.63) is 78.4 Å². The molecule has 2 aromatic carbocycles. The first-order valence-corrected chi connectivity index (χ1v) is 8.04. The number of hydrogen-bond donors (Lipinski definition) is 0. The summed E-state index contributed by atoms with van der Waals surface area (Å²) in [6, 6.07) is 19.3. The zero-order chi connectivity index (χ0) is 17.6. The summed E-state index contributed by atoms with van der Waals surface area (Å²) in [5.41, 5.74) is 1.40. The summed E-state index contributed by atoms with van der Waals surface area (Å²) in [4.78, 5) is 12.3. The van der Waals surface area contributed by atoms with Crippen molar-refractivity contribution in [1.29, 1.82) is 0 Å². The van der Waals surface area contributed by atoms with Crippen LogP contribution in [0, 0.1) is 0 Å². The molecule has 0 saturated heterocycles. The van der Waals surface area contributed by atoms with E-state index in [9.17, 15) is 4.79 Å². The molecule has 0 aliphatic heterocycles. The zero-order valence-electron chi connectivity index (χ0n) is 14.5. The largest absolute Gasteiger partial charge is 0.455 e. The summed E-state index contributed by atoms with van der Waals surface area (Å²) in [6.07, 6.45) is -0.148. The Morgan fingerprint density at radius 1 is 1.04 bits per heavy atom. The van der Waals surface area contributed by atoms with Gasteiger partial charge in [-0.1, -0.05) is 69.0 Å². The molecule has 1 atom stereocenters. The topological polar surface area (TPSA) is 35.5 Å². The molecule has 0 aliphatic rings. The molecule has 0 aliphatic carbocycles. The van der Waals surface area contributed by atoms with Gasteiger partial charge < -0.3 is 9.47 Å². The van der Waals surface area contributed by atoms with E-state index in [-0.39, 0.29) is 5.41 Å². The lowest BCUT2D eigenvalue weighted by atomic mass is 9.79. The summed E-state index contributed by atoms with van der Waals surface area (Å²) in [5.74, 6) is 0.232. The van der Waals surface area contributed by atoms with E-state index in [0.717, 1.165) is 5.56 Å². The average molecular weight is 324 g/mol. The van der Waals surface area contributed by atoms with Crippen molar-refractivity contribution < 1.29 is 14.3 Å². The Morgan fingerprint density at radius 2 is 1.58 bits per heavy atom. The molecule has 0 radical (unpaired) electrons. The highest BCUT2D eigenvalue weighted by Gasteiger charge is 2.25. The maximum atomic E-state index is 12.3. The van der Waals surface area contributed by atoms with Gasteiger partial charge in [0.1, 0.15) is 5.75 Å². The highest BCUT2D eigenvalue weighted by Crippen LogP contribution is 2.30. The molecule has 3 heteroatoms. The summed E-state index contributed by atoms with van der Waals surface area (Å²) in [6.45, 7) is 9.77. The molecule has 0 amide bonds. The van der Waals surface area contributed by atoms with Crippen LogP contribution in [0.25, 0.3) is 0 Å². The third kappa shape index (κ3) is 4.98. The molecular formula is C21H24O3. The molecule has 126 valence electrons. The van der Waals surface area contributed by atoms with Crippen LogP contribution in [-0.4, -0.2) is 12.3 Å². The maximum Gasteiger partial charge on any atom is 0.336 e. The normalized spacial score (nSPS) is 12.3. The Morgan fingerprint density at radius 3 is 2.17 bits per heavy atom. The van der Waals surface area contributed by atoms with Gasteiger partial charge in [0, 0.05) is 12.5 Å². The van der Waals surface area contributed by atoms with Gasteiger partial charge in [0.05, 0.1) is 0 Å². The van der Waals surface area contributed by atoms with Crippen LogP contribution < -0.4 is 4.74 Å². The molecule has 0 fully saturated rings. The molecule has 0 heterocycles. The molecule has 1 unspecified atom stereocenters. The van der Waals surface area contributed by atoms with Gasteiger partial charge in [-0.15, -0.1) is 0 Å². The predicted molar refractivity (Wildman–Crippen MR) is 95.8 cm³/mol. The van der Waals surface area contributed by atoms with E-state index in [0.29, 0.717) is 17.7 Å². The van der Waals surface area contributed by atoms with Gasteiger partial charge in [0.15, 0.2) is 0 Å². The first kappa shape index (κ1) is 17.8. The second-order valence-electron chi connectivity index (χ2n) is 6.43. The maximum absolute atomic E-state index is 12.3. The van der Waals surface area contributed by atoms with Gasteiger partial charge in [0.2, 0.25) is 6.29 Å². The van der Waals surface area contributed by atoms with E-state index in [2.05, 4.69) is 32.6 Å². The van der Waals surface area contributed by atoms with Gasteiger partial charge in [-0.05, 0) is 29.5 Å². The van der Waals surface area contributed by atoms with E-state index in [1.54, 1.807) is 6.92 Å². The minimum Gasteiger partial charge on any atom is -0.455 e.